The molecule has 0 aromatic heterocycles. The zero-order chi connectivity index (χ0) is 11.7. The van der Waals surface area contributed by atoms with E-state index < -0.39 is 17.6 Å². The van der Waals surface area contributed by atoms with Crippen molar-refractivity contribution >= 4 is 5.97 Å². The Kier molecular flexibility index (Phi) is 2.90. The second kappa shape index (κ2) is 4.20. The molecule has 0 unspecified atom stereocenters. The number of cyclic esters (lactones) is 1. The fourth-order valence-electron chi connectivity index (χ4n) is 2.00. The molecule has 0 amide bonds. The van der Waals surface area contributed by atoms with Gasteiger partial charge >= 0.3 is 5.97 Å². The molecular weight excluding hydrogens is 214 g/mol. The summed E-state index contributed by atoms with van der Waals surface area (Å²) in [5.74, 6) is -2.58. The van der Waals surface area contributed by atoms with Gasteiger partial charge in [0.2, 0.25) is 0 Å². The van der Waals surface area contributed by atoms with Gasteiger partial charge in [0.1, 0.15) is 0 Å². The van der Waals surface area contributed by atoms with E-state index in [-0.39, 0.29) is 11.9 Å². The van der Waals surface area contributed by atoms with Gasteiger partial charge in [0, 0.05) is 0 Å². The van der Waals surface area contributed by atoms with E-state index in [0.29, 0.717) is 12.2 Å². The lowest BCUT2D eigenvalue weighted by atomic mass is 9.84. The molecule has 0 aliphatic carbocycles. The van der Waals surface area contributed by atoms with Crippen molar-refractivity contribution in [3.8, 4) is 0 Å². The number of carbonyl (C=O) groups is 1. The molecule has 16 heavy (non-hydrogen) atoms. The molecule has 1 aliphatic rings. The van der Waals surface area contributed by atoms with Crippen LogP contribution >= 0.6 is 0 Å². The zero-order valence-corrected chi connectivity index (χ0v) is 8.87. The lowest BCUT2D eigenvalue weighted by molar-refractivity contribution is -0.151. The van der Waals surface area contributed by atoms with E-state index in [1.807, 2.05) is 6.92 Å². The summed E-state index contributed by atoms with van der Waals surface area (Å²) in [6, 6.07) is 3.55. The molecule has 1 saturated heterocycles. The predicted octanol–water partition coefficient (Wildman–Crippen LogP) is 2.63. The molecule has 1 aromatic rings. The SMILES string of the molecule is C[C@@H]1CCOC(=O)[C@H]1c1ccc(F)c(F)c1. The Hall–Kier alpha value is -1.45. The average molecular weight is 226 g/mol. The summed E-state index contributed by atoms with van der Waals surface area (Å²) in [6.07, 6.45) is 0.745. The minimum Gasteiger partial charge on any atom is -0.465 e. The van der Waals surface area contributed by atoms with E-state index in [1.165, 1.54) is 6.07 Å². The van der Waals surface area contributed by atoms with Crippen LogP contribution in [0.25, 0.3) is 0 Å². The molecule has 0 bridgehead atoms. The van der Waals surface area contributed by atoms with Gasteiger partial charge in [-0.1, -0.05) is 13.0 Å². The van der Waals surface area contributed by atoms with Crippen molar-refractivity contribution in [2.24, 2.45) is 5.92 Å². The molecule has 0 spiro atoms. The molecule has 0 N–H and O–H groups in total. The van der Waals surface area contributed by atoms with Crippen molar-refractivity contribution in [3.05, 3.63) is 35.4 Å². The van der Waals surface area contributed by atoms with Crippen molar-refractivity contribution in [1.82, 2.24) is 0 Å². The third-order valence-corrected chi connectivity index (χ3v) is 2.94. The summed E-state index contributed by atoms with van der Waals surface area (Å²) in [5.41, 5.74) is 0.483. The van der Waals surface area contributed by atoms with Crippen molar-refractivity contribution in [3.63, 3.8) is 0 Å². The number of carbonyl (C=O) groups excluding carboxylic acids is 1. The lowest BCUT2D eigenvalue weighted by Crippen LogP contribution is -2.29. The van der Waals surface area contributed by atoms with Crippen LogP contribution in [0.15, 0.2) is 18.2 Å². The Morgan fingerprint density at radius 1 is 1.31 bits per heavy atom. The molecule has 0 radical (unpaired) electrons. The van der Waals surface area contributed by atoms with Crippen LogP contribution in [0.1, 0.15) is 24.8 Å². The van der Waals surface area contributed by atoms with Crippen LogP contribution in [-0.4, -0.2) is 12.6 Å². The Morgan fingerprint density at radius 2 is 2.06 bits per heavy atom. The van der Waals surface area contributed by atoms with E-state index in [2.05, 4.69) is 0 Å². The number of benzene rings is 1. The molecule has 2 nitrogen and oxygen atoms in total. The maximum atomic E-state index is 13.1. The quantitative estimate of drug-likeness (QED) is 0.688. The van der Waals surface area contributed by atoms with Gasteiger partial charge in [-0.3, -0.25) is 4.79 Å². The van der Waals surface area contributed by atoms with E-state index >= 15 is 0 Å². The highest BCUT2D eigenvalue weighted by Crippen LogP contribution is 2.32. The first-order valence-electron chi connectivity index (χ1n) is 5.21. The molecule has 1 aromatic carbocycles. The highest BCUT2D eigenvalue weighted by atomic mass is 19.2. The first kappa shape index (κ1) is 11.0. The molecule has 2 rings (SSSR count). The van der Waals surface area contributed by atoms with Gasteiger partial charge in [0.05, 0.1) is 12.5 Å². The first-order chi connectivity index (χ1) is 7.59. The lowest BCUT2D eigenvalue weighted by Gasteiger charge is -2.27. The van der Waals surface area contributed by atoms with Gasteiger partial charge in [-0.05, 0) is 30.0 Å². The summed E-state index contributed by atoms with van der Waals surface area (Å²) >= 11 is 0. The molecule has 0 saturated carbocycles. The number of hydrogen-bond donors (Lipinski definition) is 0. The van der Waals surface area contributed by atoms with Crippen LogP contribution in [0.4, 0.5) is 8.78 Å². The number of halogens is 2. The molecule has 86 valence electrons. The maximum Gasteiger partial charge on any atom is 0.313 e. The van der Waals surface area contributed by atoms with Gasteiger partial charge in [0.15, 0.2) is 11.6 Å². The molecular formula is C12H12F2O2. The monoisotopic (exact) mass is 226 g/mol. The number of hydrogen-bond acceptors (Lipinski definition) is 2. The van der Waals surface area contributed by atoms with Crippen molar-refractivity contribution in [1.29, 1.82) is 0 Å². The number of rotatable bonds is 1. The van der Waals surface area contributed by atoms with E-state index in [9.17, 15) is 13.6 Å². The van der Waals surface area contributed by atoms with E-state index in [0.717, 1.165) is 18.6 Å². The van der Waals surface area contributed by atoms with Gasteiger partial charge in [-0.2, -0.15) is 0 Å². The largest absolute Gasteiger partial charge is 0.465 e. The Bertz CT molecular complexity index is 417. The van der Waals surface area contributed by atoms with Crippen LogP contribution in [0.5, 0.6) is 0 Å². The van der Waals surface area contributed by atoms with Gasteiger partial charge in [0.25, 0.3) is 0 Å². The van der Waals surface area contributed by atoms with Crippen LogP contribution in [-0.2, 0) is 9.53 Å². The Labute approximate surface area is 92.2 Å². The van der Waals surface area contributed by atoms with E-state index in [4.69, 9.17) is 4.74 Å². The predicted molar refractivity (Wildman–Crippen MR) is 53.8 cm³/mol. The minimum absolute atomic E-state index is 0.0890. The van der Waals surface area contributed by atoms with Crippen molar-refractivity contribution in [2.75, 3.05) is 6.61 Å². The number of ether oxygens (including phenoxy) is 1. The molecule has 2 atom stereocenters. The smallest absolute Gasteiger partial charge is 0.313 e. The van der Waals surface area contributed by atoms with Crippen LogP contribution in [0.3, 0.4) is 0 Å². The fraction of sp³-hybridized carbons (Fsp3) is 0.417. The first-order valence-corrected chi connectivity index (χ1v) is 5.21. The summed E-state index contributed by atoms with van der Waals surface area (Å²) in [6.45, 7) is 2.31. The molecule has 4 heteroatoms. The second-order valence-corrected chi connectivity index (χ2v) is 4.08. The number of esters is 1. The fourth-order valence-corrected chi connectivity index (χ4v) is 2.00. The summed E-state index contributed by atoms with van der Waals surface area (Å²) in [7, 11) is 0. The van der Waals surface area contributed by atoms with Crippen molar-refractivity contribution in [2.45, 2.75) is 19.3 Å². The van der Waals surface area contributed by atoms with Crippen LogP contribution in [0, 0.1) is 17.6 Å². The zero-order valence-electron chi connectivity index (χ0n) is 8.87. The summed E-state index contributed by atoms with van der Waals surface area (Å²) < 4.78 is 30.8. The van der Waals surface area contributed by atoms with Crippen molar-refractivity contribution < 1.29 is 18.3 Å². The third-order valence-electron chi connectivity index (χ3n) is 2.94. The topological polar surface area (TPSA) is 26.3 Å². The molecule has 1 aliphatic heterocycles. The van der Waals surface area contributed by atoms with Gasteiger partial charge in [-0.25, -0.2) is 8.78 Å². The second-order valence-electron chi connectivity index (χ2n) is 4.08. The molecule has 1 fully saturated rings. The normalized spacial score (nSPS) is 25.3. The third kappa shape index (κ3) is 1.92. The highest BCUT2D eigenvalue weighted by molar-refractivity contribution is 5.79. The minimum atomic E-state index is -0.928. The Morgan fingerprint density at radius 3 is 2.69 bits per heavy atom. The molecule has 1 heterocycles. The summed E-state index contributed by atoms with van der Waals surface area (Å²) in [5, 5.41) is 0. The van der Waals surface area contributed by atoms with E-state index in [1.54, 1.807) is 0 Å². The van der Waals surface area contributed by atoms with Crippen LogP contribution in [0.2, 0.25) is 0 Å². The summed E-state index contributed by atoms with van der Waals surface area (Å²) in [4.78, 5) is 11.6. The van der Waals surface area contributed by atoms with Gasteiger partial charge in [-0.15, -0.1) is 0 Å². The standard InChI is InChI=1S/C12H12F2O2/c1-7-4-5-16-12(15)11(7)8-2-3-9(13)10(14)6-8/h2-3,6-7,11H,4-5H2,1H3/t7-,11-/m1/s1. The van der Waals surface area contributed by atoms with Gasteiger partial charge < -0.3 is 4.74 Å². The highest BCUT2D eigenvalue weighted by Gasteiger charge is 2.32. The average Bonchev–Trinajstić information content (AvgIpc) is 2.23. The Balaban J connectivity index is 2.34. The maximum absolute atomic E-state index is 13.1. The van der Waals surface area contributed by atoms with Crippen LogP contribution < -0.4 is 0 Å².